The molecule has 1 heterocycles. The van der Waals surface area contributed by atoms with Gasteiger partial charge in [0.05, 0.1) is 6.61 Å². The van der Waals surface area contributed by atoms with Crippen molar-refractivity contribution in [1.82, 2.24) is 14.9 Å². The second-order valence-electron chi connectivity index (χ2n) is 4.07. The molecule has 1 aromatic rings. The van der Waals surface area contributed by atoms with Gasteiger partial charge in [-0.2, -0.15) is 4.98 Å². The number of hydrogen-bond donors (Lipinski definition) is 2. The van der Waals surface area contributed by atoms with Crippen molar-refractivity contribution < 1.29 is 4.74 Å². The number of aromatic nitrogens is 2. The predicted molar refractivity (Wildman–Crippen MR) is 69.3 cm³/mol. The summed E-state index contributed by atoms with van der Waals surface area (Å²) in [7, 11) is 4.06. The van der Waals surface area contributed by atoms with Gasteiger partial charge in [0.1, 0.15) is 12.0 Å². The lowest BCUT2D eigenvalue weighted by Crippen LogP contribution is -2.31. The third-order valence-corrected chi connectivity index (χ3v) is 2.57. The molecule has 0 aromatic carbocycles. The van der Waals surface area contributed by atoms with E-state index in [0.717, 1.165) is 6.54 Å². The Morgan fingerprint density at radius 3 is 2.76 bits per heavy atom. The summed E-state index contributed by atoms with van der Waals surface area (Å²) in [5, 5.41) is 3.20. The number of nitrogens with one attached hydrogen (secondary N) is 1. The summed E-state index contributed by atoms with van der Waals surface area (Å²) in [5.41, 5.74) is 6.36. The van der Waals surface area contributed by atoms with E-state index in [4.69, 9.17) is 10.5 Å². The number of nitrogen functional groups attached to an aromatic ring is 1. The molecule has 1 atom stereocenters. The highest BCUT2D eigenvalue weighted by molar-refractivity contribution is 5.66. The minimum atomic E-state index is 0.389. The van der Waals surface area contributed by atoms with E-state index in [1.807, 2.05) is 21.0 Å². The summed E-state index contributed by atoms with van der Waals surface area (Å²) in [6.07, 6.45) is 1.45. The standard InChI is InChI=1S/C11H21N5O/c1-5-17-11-9(12)10(14-7-15-11)13-6-8(2)16(3)4/h7-8H,5-6,12H2,1-4H3,(H,13,14,15). The fourth-order valence-electron chi connectivity index (χ4n) is 1.20. The molecule has 1 unspecified atom stereocenters. The molecule has 0 saturated heterocycles. The number of nitrogens with zero attached hydrogens (tertiary/aromatic N) is 3. The largest absolute Gasteiger partial charge is 0.476 e. The normalized spacial score (nSPS) is 12.5. The smallest absolute Gasteiger partial charge is 0.242 e. The lowest BCUT2D eigenvalue weighted by atomic mass is 10.3. The molecular formula is C11H21N5O. The van der Waals surface area contributed by atoms with Crippen LogP contribution in [0, 0.1) is 0 Å². The van der Waals surface area contributed by atoms with E-state index in [1.165, 1.54) is 6.33 Å². The van der Waals surface area contributed by atoms with Gasteiger partial charge in [-0.25, -0.2) is 4.98 Å². The Labute approximate surface area is 102 Å². The van der Waals surface area contributed by atoms with E-state index in [9.17, 15) is 0 Å². The van der Waals surface area contributed by atoms with E-state index in [2.05, 4.69) is 27.1 Å². The molecule has 0 bridgehead atoms. The van der Waals surface area contributed by atoms with Crippen LogP contribution in [0.1, 0.15) is 13.8 Å². The van der Waals surface area contributed by atoms with Gasteiger partial charge < -0.3 is 20.7 Å². The van der Waals surface area contributed by atoms with Gasteiger partial charge in [-0.15, -0.1) is 0 Å². The first-order chi connectivity index (χ1) is 8.06. The zero-order chi connectivity index (χ0) is 12.8. The van der Waals surface area contributed by atoms with E-state index < -0.39 is 0 Å². The molecule has 6 nitrogen and oxygen atoms in total. The van der Waals surface area contributed by atoms with Gasteiger partial charge >= 0.3 is 0 Å². The van der Waals surface area contributed by atoms with Crippen LogP contribution in [0.25, 0.3) is 0 Å². The summed E-state index contributed by atoms with van der Waals surface area (Å²) in [6, 6.07) is 0.389. The first kappa shape index (κ1) is 13.5. The topological polar surface area (TPSA) is 76.3 Å². The molecule has 0 radical (unpaired) electrons. The molecule has 0 amide bonds. The molecule has 0 spiro atoms. The Balaban J connectivity index is 2.68. The second-order valence-corrected chi connectivity index (χ2v) is 4.07. The van der Waals surface area contributed by atoms with Crippen molar-refractivity contribution in [3.05, 3.63) is 6.33 Å². The quantitative estimate of drug-likeness (QED) is 0.765. The van der Waals surface area contributed by atoms with Crippen LogP contribution in [0.15, 0.2) is 6.33 Å². The van der Waals surface area contributed by atoms with Crippen LogP contribution in [0.5, 0.6) is 5.88 Å². The fraction of sp³-hybridized carbons (Fsp3) is 0.636. The number of anilines is 2. The Hall–Kier alpha value is -1.56. The number of rotatable bonds is 6. The van der Waals surface area contributed by atoms with Crippen LogP contribution in [0.4, 0.5) is 11.5 Å². The molecular weight excluding hydrogens is 218 g/mol. The zero-order valence-corrected chi connectivity index (χ0v) is 10.9. The maximum atomic E-state index is 5.91. The number of likely N-dealkylation sites (N-methyl/N-ethyl adjacent to an activating group) is 1. The molecule has 1 aromatic heterocycles. The zero-order valence-electron chi connectivity index (χ0n) is 10.9. The lowest BCUT2D eigenvalue weighted by molar-refractivity contribution is 0.324. The van der Waals surface area contributed by atoms with Gasteiger partial charge in [0.15, 0.2) is 5.82 Å². The maximum absolute atomic E-state index is 5.91. The van der Waals surface area contributed by atoms with Crippen molar-refractivity contribution in [1.29, 1.82) is 0 Å². The second kappa shape index (κ2) is 6.24. The maximum Gasteiger partial charge on any atom is 0.242 e. The van der Waals surface area contributed by atoms with Gasteiger partial charge in [-0.3, -0.25) is 0 Å². The Kier molecular flexibility index (Phi) is 4.96. The predicted octanol–water partition coefficient (Wildman–Crippen LogP) is 0.820. The van der Waals surface area contributed by atoms with Crippen molar-refractivity contribution in [2.45, 2.75) is 19.9 Å². The van der Waals surface area contributed by atoms with Crippen LogP contribution in [0.2, 0.25) is 0 Å². The van der Waals surface area contributed by atoms with Crippen LogP contribution in [-0.4, -0.2) is 48.2 Å². The van der Waals surface area contributed by atoms with E-state index in [1.54, 1.807) is 0 Å². The van der Waals surface area contributed by atoms with Crippen molar-refractivity contribution in [2.75, 3.05) is 38.3 Å². The molecule has 96 valence electrons. The molecule has 0 aliphatic carbocycles. The third-order valence-electron chi connectivity index (χ3n) is 2.57. The molecule has 0 fully saturated rings. The van der Waals surface area contributed by atoms with Gasteiger partial charge in [-0.1, -0.05) is 0 Å². The molecule has 6 heteroatoms. The molecule has 0 saturated carbocycles. The minimum Gasteiger partial charge on any atom is -0.476 e. The molecule has 17 heavy (non-hydrogen) atoms. The average Bonchev–Trinajstić information content (AvgIpc) is 2.30. The van der Waals surface area contributed by atoms with Crippen molar-refractivity contribution >= 4 is 11.5 Å². The highest BCUT2D eigenvalue weighted by Crippen LogP contribution is 2.24. The summed E-state index contributed by atoms with van der Waals surface area (Å²) >= 11 is 0. The summed E-state index contributed by atoms with van der Waals surface area (Å²) in [5.74, 6) is 1.06. The molecule has 0 aliphatic heterocycles. The van der Waals surface area contributed by atoms with E-state index >= 15 is 0 Å². The van der Waals surface area contributed by atoms with E-state index in [-0.39, 0.29) is 0 Å². The van der Waals surface area contributed by atoms with Crippen molar-refractivity contribution in [3.63, 3.8) is 0 Å². The van der Waals surface area contributed by atoms with Gasteiger partial charge in [0.25, 0.3) is 0 Å². The van der Waals surface area contributed by atoms with Crippen LogP contribution in [0.3, 0.4) is 0 Å². The van der Waals surface area contributed by atoms with Gasteiger partial charge in [0, 0.05) is 12.6 Å². The van der Waals surface area contributed by atoms with Crippen molar-refractivity contribution in [3.8, 4) is 5.88 Å². The van der Waals surface area contributed by atoms with Gasteiger partial charge in [-0.05, 0) is 27.9 Å². The Bertz CT molecular complexity index is 356. The highest BCUT2D eigenvalue weighted by Gasteiger charge is 2.10. The number of hydrogen-bond acceptors (Lipinski definition) is 6. The van der Waals surface area contributed by atoms with Crippen LogP contribution < -0.4 is 15.8 Å². The van der Waals surface area contributed by atoms with Crippen LogP contribution in [-0.2, 0) is 0 Å². The fourth-order valence-corrected chi connectivity index (χ4v) is 1.20. The monoisotopic (exact) mass is 239 g/mol. The third kappa shape index (κ3) is 3.74. The Morgan fingerprint density at radius 1 is 1.47 bits per heavy atom. The molecule has 1 rings (SSSR count). The SMILES string of the molecule is CCOc1ncnc(NCC(C)N(C)C)c1N. The number of nitrogens with two attached hydrogens (primary N) is 1. The van der Waals surface area contributed by atoms with Crippen LogP contribution >= 0.6 is 0 Å². The lowest BCUT2D eigenvalue weighted by Gasteiger charge is -2.20. The summed E-state index contributed by atoms with van der Waals surface area (Å²) < 4.78 is 5.31. The first-order valence-electron chi connectivity index (χ1n) is 5.69. The first-order valence-corrected chi connectivity index (χ1v) is 5.69. The number of ether oxygens (including phenoxy) is 1. The Morgan fingerprint density at radius 2 is 2.18 bits per heavy atom. The molecule has 0 aliphatic rings. The minimum absolute atomic E-state index is 0.389. The van der Waals surface area contributed by atoms with Gasteiger partial charge in [0.2, 0.25) is 5.88 Å². The molecule has 3 N–H and O–H groups in total. The van der Waals surface area contributed by atoms with E-state index in [0.29, 0.717) is 30.0 Å². The summed E-state index contributed by atoms with van der Waals surface area (Å²) in [4.78, 5) is 10.2. The highest BCUT2D eigenvalue weighted by atomic mass is 16.5. The van der Waals surface area contributed by atoms with Crippen molar-refractivity contribution in [2.24, 2.45) is 0 Å². The summed E-state index contributed by atoms with van der Waals surface area (Å²) in [6.45, 7) is 5.31. The average molecular weight is 239 g/mol.